The van der Waals surface area contributed by atoms with E-state index in [1.165, 1.54) is 25.0 Å². The Morgan fingerprint density at radius 1 is 1.33 bits per heavy atom. The highest BCUT2D eigenvalue weighted by atomic mass is 19.4. The molecule has 0 amide bonds. The third-order valence-corrected chi connectivity index (χ3v) is 3.93. The summed E-state index contributed by atoms with van der Waals surface area (Å²) in [6.45, 7) is 5.09. The fourth-order valence-electron chi connectivity index (χ4n) is 2.99. The lowest BCUT2D eigenvalue weighted by molar-refractivity contribution is -0.274. The molecule has 1 aliphatic rings. The molecule has 5 heteroatoms. The zero-order chi connectivity index (χ0) is 15.5. The van der Waals surface area contributed by atoms with Gasteiger partial charge in [0.05, 0.1) is 0 Å². The topological polar surface area (TPSA) is 21.3 Å². The molecule has 0 bridgehead atoms. The van der Waals surface area contributed by atoms with Gasteiger partial charge in [0.1, 0.15) is 5.75 Å². The molecule has 1 atom stereocenters. The third kappa shape index (κ3) is 5.58. The SMILES string of the molecule is CC1(C)CCCC(NCc2cccc(OC(F)(F)F)c2)C1. The molecule has 1 fully saturated rings. The zero-order valence-electron chi connectivity index (χ0n) is 12.5. The molecule has 1 unspecified atom stereocenters. The molecule has 0 heterocycles. The van der Waals surface area contributed by atoms with Gasteiger partial charge in [-0.3, -0.25) is 0 Å². The summed E-state index contributed by atoms with van der Waals surface area (Å²) >= 11 is 0. The van der Waals surface area contributed by atoms with Crippen LogP contribution in [0.3, 0.4) is 0 Å². The summed E-state index contributed by atoms with van der Waals surface area (Å²) in [7, 11) is 0. The van der Waals surface area contributed by atoms with E-state index in [-0.39, 0.29) is 5.75 Å². The number of hydrogen-bond acceptors (Lipinski definition) is 2. The summed E-state index contributed by atoms with van der Waals surface area (Å²) in [4.78, 5) is 0. The Balaban J connectivity index is 1.90. The van der Waals surface area contributed by atoms with E-state index in [1.807, 2.05) is 6.07 Å². The van der Waals surface area contributed by atoms with Crippen LogP contribution >= 0.6 is 0 Å². The van der Waals surface area contributed by atoms with Gasteiger partial charge in [-0.2, -0.15) is 0 Å². The van der Waals surface area contributed by atoms with E-state index in [0.29, 0.717) is 18.0 Å². The second-order valence-electron chi connectivity index (χ2n) is 6.53. The van der Waals surface area contributed by atoms with E-state index in [0.717, 1.165) is 18.4 Å². The maximum Gasteiger partial charge on any atom is 0.573 e. The van der Waals surface area contributed by atoms with Crippen LogP contribution in [-0.4, -0.2) is 12.4 Å². The number of nitrogens with one attached hydrogen (secondary N) is 1. The minimum Gasteiger partial charge on any atom is -0.406 e. The standard InChI is InChI=1S/C16H22F3NO/c1-15(2)8-4-6-13(10-15)20-11-12-5-3-7-14(9-12)21-16(17,18)19/h3,5,7,9,13,20H,4,6,8,10-11H2,1-2H3. The van der Waals surface area contributed by atoms with Gasteiger partial charge < -0.3 is 10.1 Å². The lowest BCUT2D eigenvalue weighted by Crippen LogP contribution is -2.36. The number of ether oxygens (including phenoxy) is 1. The molecule has 2 rings (SSSR count). The van der Waals surface area contributed by atoms with Crippen LogP contribution in [0.5, 0.6) is 5.75 Å². The van der Waals surface area contributed by atoms with Gasteiger partial charge in [-0.15, -0.1) is 13.2 Å². The Hall–Kier alpha value is -1.23. The highest BCUT2D eigenvalue weighted by molar-refractivity contribution is 5.28. The van der Waals surface area contributed by atoms with E-state index in [1.54, 1.807) is 6.07 Å². The molecule has 0 aliphatic heterocycles. The van der Waals surface area contributed by atoms with Crippen LogP contribution in [0.2, 0.25) is 0 Å². The van der Waals surface area contributed by atoms with Crippen molar-refractivity contribution in [3.05, 3.63) is 29.8 Å². The molecule has 0 radical (unpaired) electrons. The first-order valence-corrected chi connectivity index (χ1v) is 7.32. The molecule has 0 saturated heterocycles. The van der Waals surface area contributed by atoms with Crippen molar-refractivity contribution in [1.29, 1.82) is 0 Å². The first-order chi connectivity index (χ1) is 9.73. The monoisotopic (exact) mass is 301 g/mol. The normalized spacial score (nSPS) is 22.0. The van der Waals surface area contributed by atoms with Crippen molar-refractivity contribution in [2.75, 3.05) is 0 Å². The average molecular weight is 301 g/mol. The smallest absolute Gasteiger partial charge is 0.406 e. The molecular formula is C16H22F3NO. The molecule has 1 aliphatic carbocycles. The molecule has 0 spiro atoms. The lowest BCUT2D eigenvalue weighted by Gasteiger charge is -2.35. The summed E-state index contributed by atoms with van der Waals surface area (Å²) in [5.41, 5.74) is 1.15. The van der Waals surface area contributed by atoms with E-state index in [4.69, 9.17) is 0 Å². The van der Waals surface area contributed by atoms with E-state index in [9.17, 15) is 13.2 Å². The predicted molar refractivity (Wildman–Crippen MR) is 76.0 cm³/mol. The van der Waals surface area contributed by atoms with Gasteiger partial charge in [-0.05, 0) is 42.4 Å². The second kappa shape index (κ2) is 6.26. The van der Waals surface area contributed by atoms with E-state index in [2.05, 4.69) is 23.9 Å². The van der Waals surface area contributed by atoms with Crippen molar-refractivity contribution >= 4 is 0 Å². The van der Waals surface area contributed by atoms with Crippen molar-refractivity contribution in [1.82, 2.24) is 5.32 Å². The van der Waals surface area contributed by atoms with Crippen molar-refractivity contribution in [2.24, 2.45) is 5.41 Å². The second-order valence-corrected chi connectivity index (χ2v) is 6.53. The van der Waals surface area contributed by atoms with Gasteiger partial charge in [0.25, 0.3) is 0 Å². The van der Waals surface area contributed by atoms with E-state index < -0.39 is 6.36 Å². The predicted octanol–water partition coefficient (Wildman–Crippen LogP) is 4.64. The van der Waals surface area contributed by atoms with Crippen molar-refractivity contribution < 1.29 is 17.9 Å². The number of halogens is 3. The summed E-state index contributed by atoms with van der Waals surface area (Å²) < 4.78 is 40.5. The minimum atomic E-state index is -4.64. The van der Waals surface area contributed by atoms with Crippen LogP contribution in [0.4, 0.5) is 13.2 Å². The van der Waals surface area contributed by atoms with Crippen LogP contribution in [0, 0.1) is 5.41 Å². The van der Waals surface area contributed by atoms with Crippen molar-refractivity contribution in [3.8, 4) is 5.75 Å². The summed E-state index contributed by atoms with van der Waals surface area (Å²) in [6.07, 6.45) is 0.0232. The van der Waals surface area contributed by atoms with Gasteiger partial charge in [0, 0.05) is 12.6 Å². The van der Waals surface area contributed by atoms with Crippen LogP contribution in [0.15, 0.2) is 24.3 Å². The number of alkyl halides is 3. The number of rotatable bonds is 4. The number of hydrogen-bond donors (Lipinski definition) is 1. The first kappa shape index (κ1) is 16.1. The molecule has 118 valence electrons. The average Bonchev–Trinajstić information content (AvgIpc) is 2.34. The summed E-state index contributed by atoms with van der Waals surface area (Å²) in [5.74, 6) is -0.161. The van der Waals surface area contributed by atoms with Crippen LogP contribution in [-0.2, 0) is 6.54 Å². The zero-order valence-corrected chi connectivity index (χ0v) is 12.5. The van der Waals surface area contributed by atoms with Gasteiger partial charge >= 0.3 is 6.36 Å². The Morgan fingerprint density at radius 3 is 2.76 bits per heavy atom. The molecule has 1 N–H and O–H groups in total. The molecule has 2 nitrogen and oxygen atoms in total. The van der Waals surface area contributed by atoms with E-state index >= 15 is 0 Å². The largest absolute Gasteiger partial charge is 0.573 e. The van der Waals surface area contributed by atoms with Crippen LogP contribution < -0.4 is 10.1 Å². The maximum atomic E-state index is 12.2. The van der Waals surface area contributed by atoms with Gasteiger partial charge in [0.2, 0.25) is 0 Å². The lowest BCUT2D eigenvalue weighted by atomic mass is 9.75. The van der Waals surface area contributed by atoms with Crippen LogP contribution in [0.25, 0.3) is 0 Å². The fourth-order valence-corrected chi connectivity index (χ4v) is 2.99. The Morgan fingerprint density at radius 2 is 2.10 bits per heavy atom. The highest BCUT2D eigenvalue weighted by Crippen LogP contribution is 2.35. The van der Waals surface area contributed by atoms with Crippen molar-refractivity contribution in [2.45, 2.75) is 58.5 Å². The molecular weight excluding hydrogens is 279 g/mol. The van der Waals surface area contributed by atoms with Gasteiger partial charge in [-0.1, -0.05) is 32.4 Å². The Labute approximate surface area is 123 Å². The van der Waals surface area contributed by atoms with Crippen molar-refractivity contribution in [3.63, 3.8) is 0 Å². The third-order valence-electron chi connectivity index (χ3n) is 3.93. The molecule has 21 heavy (non-hydrogen) atoms. The maximum absolute atomic E-state index is 12.2. The molecule has 0 aromatic heterocycles. The molecule has 1 aromatic carbocycles. The number of benzene rings is 1. The first-order valence-electron chi connectivity index (χ1n) is 7.32. The Bertz CT molecular complexity index is 471. The van der Waals surface area contributed by atoms with Crippen LogP contribution in [0.1, 0.15) is 45.1 Å². The summed E-state index contributed by atoms with van der Waals surface area (Å²) in [5, 5.41) is 3.45. The highest BCUT2D eigenvalue weighted by Gasteiger charge is 2.31. The molecule has 1 aromatic rings. The Kier molecular flexibility index (Phi) is 4.81. The van der Waals surface area contributed by atoms with Gasteiger partial charge in [0.15, 0.2) is 0 Å². The summed E-state index contributed by atoms with van der Waals surface area (Å²) in [6, 6.07) is 6.59. The fraction of sp³-hybridized carbons (Fsp3) is 0.625. The quantitative estimate of drug-likeness (QED) is 0.874. The molecule has 1 saturated carbocycles. The van der Waals surface area contributed by atoms with Gasteiger partial charge in [-0.25, -0.2) is 0 Å². The minimum absolute atomic E-state index is 0.161.